The summed E-state index contributed by atoms with van der Waals surface area (Å²) in [4.78, 5) is 15.0. The fourth-order valence-electron chi connectivity index (χ4n) is 3.18. The minimum absolute atomic E-state index is 0.0840. The molecule has 6 heteroatoms. The highest BCUT2D eigenvalue weighted by molar-refractivity contribution is 6.35. The lowest BCUT2D eigenvalue weighted by Gasteiger charge is -2.35. The van der Waals surface area contributed by atoms with Gasteiger partial charge in [-0.15, -0.1) is 0 Å². The molecule has 0 aromatic heterocycles. The van der Waals surface area contributed by atoms with E-state index in [1.54, 1.807) is 18.2 Å². The minimum atomic E-state index is -0.219. The quantitative estimate of drug-likeness (QED) is 0.832. The van der Waals surface area contributed by atoms with Gasteiger partial charge in [0, 0.05) is 24.7 Å². The Morgan fingerprint density at radius 3 is 2.69 bits per heavy atom. The predicted molar refractivity (Wildman–Crippen MR) is 105 cm³/mol. The monoisotopic (exact) mass is 392 g/mol. The number of rotatable bonds is 5. The van der Waals surface area contributed by atoms with Gasteiger partial charge in [-0.05, 0) is 30.7 Å². The normalized spacial score (nSPS) is 16.3. The van der Waals surface area contributed by atoms with Crippen LogP contribution in [0.3, 0.4) is 0 Å². The lowest BCUT2D eigenvalue weighted by atomic mass is 10.0. The molecule has 1 atom stereocenters. The van der Waals surface area contributed by atoms with Gasteiger partial charge in [-0.2, -0.15) is 0 Å². The first-order chi connectivity index (χ1) is 12.5. The Bertz CT molecular complexity index is 776. The molecule has 4 nitrogen and oxygen atoms in total. The topological polar surface area (TPSA) is 41.6 Å². The number of ether oxygens (including phenoxy) is 1. The maximum absolute atomic E-state index is 12.6. The number of amides is 1. The van der Waals surface area contributed by atoms with Crippen molar-refractivity contribution in [3.8, 4) is 0 Å². The van der Waals surface area contributed by atoms with Gasteiger partial charge in [0.1, 0.15) is 0 Å². The standard InChI is InChI=1S/C20H22Cl2N2O2/c1-14-3-2-4-15(11-14)19(24-7-9-26-10-8-24)13-23-20(25)17-12-16(21)5-6-18(17)22/h2-6,11-12,19H,7-10,13H2,1H3,(H,23,25). The molecule has 1 fully saturated rings. The highest BCUT2D eigenvalue weighted by atomic mass is 35.5. The molecule has 0 spiro atoms. The highest BCUT2D eigenvalue weighted by Crippen LogP contribution is 2.24. The summed E-state index contributed by atoms with van der Waals surface area (Å²) in [5.74, 6) is -0.219. The van der Waals surface area contributed by atoms with Gasteiger partial charge in [-0.1, -0.05) is 53.0 Å². The Labute approximate surface area is 164 Å². The Kier molecular flexibility index (Phi) is 6.54. The maximum atomic E-state index is 12.6. The van der Waals surface area contributed by atoms with Crippen LogP contribution in [0.5, 0.6) is 0 Å². The van der Waals surface area contributed by atoms with Crippen molar-refractivity contribution in [1.29, 1.82) is 0 Å². The number of hydrogen-bond donors (Lipinski definition) is 1. The van der Waals surface area contributed by atoms with Gasteiger partial charge < -0.3 is 10.1 Å². The number of carbonyl (C=O) groups is 1. The number of nitrogens with zero attached hydrogens (tertiary/aromatic N) is 1. The molecule has 0 saturated carbocycles. The summed E-state index contributed by atoms with van der Waals surface area (Å²) in [5.41, 5.74) is 2.78. The second kappa shape index (κ2) is 8.87. The fourth-order valence-corrected chi connectivity index (χ4v) is 3.56. The molecule has 0 radical (unpaired) electrons. The van der Waals surface area contributed by atoms with Crippen LogP contribution in [0.1, 0.15) is 27.5 Å². The third kappa shape index (κ3) is 4.77. The van der Waals surface area contributed by atoms with Crippen molar-refractivity contribution >= 4 is 29.1 Å². The van der Waals surface area contributed by atoms with E-state index in [4.69, 9.17) is 27.9 Å². The molecule has 0 aliphatic carbocycles. The zero-order valence-corrected chi connectivity index (χ0v) is 16.2. The van der Waals surface area contributed by atoms with E-state index in [9.17, 15) is 4.79 Å². The Balaban J connectivity index is 1.77. The predicted octanol–water partition coefficient (Wildman–Crippen LogP) is 4.11. The van der Waals surface area contributed by atoms with E-state index >= 15 is 0 Å². The highest BCUT2D eigenvalue weighted by Gasteiger charge is 2.24. The largest absolute Gasteiger partial charge is 0.379 e. The molecule has 1 unspecified atom stereocenters. The maximum Gasteiger partial charge on any atom is 0.252 e. The van der Waals surface area contributed by atoms with E-state index in [0.717, 1.165) is 13.1 Å². The lowest BCUT2D eigenvalue weighted by molar-refractivity contribution is 0.0162. The SMILES string of the molecule is Cc1cccc(C(CNC(=O)c2cc(Cl)ccc2Cl)N2CCOCC2)c1. The molecule has 26 heavy (non-hydrogen) atoms. The fraction of sp³-hybridized carbons (Fsp3) is 0.350. The smallest absolute Gasteiger partial charge is 0.252 e. The Hall–Kier alpha value is -1.59. The summed E-state index contributed by atoms with van der Waals surface area (Å²) < 4.78 is 5.47. The van der Waals surface area contributed by atoms with Gasteiger partial charge in [-0.3, -0.25) is 9.69 Å². The van der Waals surface area contributed by atoms with Crippen molar-refractivity contribution in [2.24, 2.45) is 0 Å². The zero-order valence-electron chi connectivity index (χ0n) is 14.7. The number of aryl methyl sites for hydroxylation is 1. The molecule has 1 aliphatic rings. The van der Waals surface area contributed by atoms with Gasteiger partial charge in [0.2, 0.25) is 0 Å². The number of nitrogens with one attached hydrogen (secondary N) is 1. The number of carbonyl (C=O) groups excluding carboxylic acids is 1. The molecular formula is C20H22Cl2N2O2. The van der Waals surface area contributed by atoms with E-state index in [0.29, 0.717) is 35.4 Å². The third-order valence-corrected chi connectivity index (χ3v) is 5.11. The summed E-state index contributed by atoms with van der Waals surface area (Å²) in [6.45, 7) is 5.65. The summed E-state index contributed by atoms with van der Waals surface area (Å²) >= 11 is 12.1. The van der Waals surface area contributed by atoms with Crippen molar-refractivity contribution in [3.05, 3.63) is 69.2 Å². The molecule has 1 heterocycles. The van der Waals surface area contributed by atoms with Gasteiger partial charge in [-0.25, -0.2) is 0 Å². The minimum Gasteiger partial charge on any atom is -0.379 e. The number of halogens is 2. The van der Waals surface area contributed by atoms with E-state index in [1.165, 1.54) is 11.1 Å². The van der Waals surface area contributed by atoms with Gasteiger partial charge in [0.25, 0.3) is 5.91 Å². The molecule has 1 aliphatic heterocycles. The van der Waals surface area contributed by atoms with Crippen LogP contribution >= 0.6 is 23.2 Å². The Morgan fingerprint density at radius 2 is 1.96 bits per heavy atom. The number of benzene rings is 2. The van der Waals surface area contributed by atoms with Crippen LogP contribution in [0, 0.1) is 6.92 Å². The second-order valence-electron chi connectivity index (χ2n) is 6.41. The summed E-state index contributed by atoms with van der Waals surface area (Å²) in [6, 6.07) is 13.4. The molecule has 138 valence electrons. The van der Waals surface area contributed by atoms with Crippen molar-refractivity contribution in [1.82, 2.24) is 10.2 Å². The van der Waals surface area contributed by atoms with Crippen molar-refractivity contribution in [2.75, 3.05) is 32.8 Å². The summed E-state index contributed by atoms with van der Waals surface area (Å²) in [7, 11) is 0. The molecular weight excluding hydrogens is 371 g/mol. The van der Waals surface area contributed by atoms with Gasteiger partial charge in [0.05, 0.1) is 29.8 Å². The van der Waals surface area contributed by atoms with Crippen LogP contribution in [0.15, 0.2) is 42.5 Å². The summed E-state index contributed by atoms with van der Waals surface area (Å²) in [6.07, 6.45) is 0. The Morgan fingerprint density at radius 1 is 1.19 bits per heavy atom. The van der Waals surface area contributed by atoms with Crippen molar-refractivity contribution in [3.63, 3.8) is 0 Å². The van der Waals surface area contributed by atoms with Gasteiger partial charge >= 0.3 is 0 Å². The lowest BCUT2D eigenvalue weighted by Crippen LogP contribution is -2.43. The molecule has 1 N–H and O–H groups in total. The molecule has 2 aromatic carbocycles. The van der Waals surface area contributed by atoms with Crippen LogP contribution in [0.2, 0.25) is 10.0 Å². The molecule has 2 aromatic rings. The van der Waals surface area contributed by atoms with Crippen LogP contribution < -0.4 is 5.32 Å². The van der Waals surface area contributed by atoms with Crippen LogP contribution in [0.25, 0.3) is 0 Å². The number of morpholine rings is 1. The van der Waals surface area contributed by atoms with E-state index in [1.807, 2.05) is 6.07 Å². The van der Waals surface area contributed by atoms with E-state index in [2.05, 4.69) is 35.3 Å². The summed E-state index contributed by atoms with van der Waals surface area (Å²) in [5, 5.41) is 3.90. The van der Waals surface area contributed by atoms with Crippen LogP contribution in [0.4, 0.5) is 0 Å². The first kappa shape index (κ1) is 19.2. The average Bonchev–Trinajstić information content (AvgIpc) is 2.65. The molecule has 1 amide bonds. The first-order valence-corrected chi connectivity index (χ1v) is 9.42. The third-order valence-electron chi connectivity index (χ3n) is 4.54. The average molecular weight is 393 g/mol. The van der Waals surface area contributed by atoms with E-state index in [-0.39, 0.29) is 11.9 Å². The van der Waals surface area contributed by atoms with Crippen LogP contribution in [-0.4, -0.2) is 43.7 Å². The van der Waals surface area contributed by atoms with Crippen LogP contribution in [-0.2, 0) is 4.74 Å². The molecule has 1 saturated heterocycles. The van der Waals surface area contributed by atoms with E-state index < -0.39 is 0 Å². The molecule has 0 bridgehead atoms. The van der Waals surface area contributed by atoms with Crippen molar-refractivity contribution < 1.29 is 9.53 Å². The van der Waals surface area contributed by atoms with Crippen molar-refractivity contribution in [2.45, 2.75) is 13.0 Å². The molecule has 3 rings (SSSR count). The van der Waals surface area contributed by atoms with Gasteiger partial charge in [0.15, 0.2) is 0 Å². The number of hydrogen-bond acceptors (Lipinski definition) is 3. The zero-order chi connectivity index (χ0) is 18.5. The second-order valence-corrected chi connectivity index (χ2v) is 7.26. The first-order valence-electron chi connectivity index (χ1n) is 8.66.